The second-order valence-electron chi connectivity index (χ2n) is 5.60. The number of hydrogen-bond donors (Lipinski definition) is 2. The second kappa shape index (κ2) is 6.14. The van der Waals surface area contributed by atoms with Crippen molar-refractivity contribution < 1.29 is 9.90 Å². The van der Waals surface area contributed by atoms with E-state index in [-0.39, 0.29) is 6.42 Å². The first-order chi connectivity index (χ1) is 12.1. The molecule has 2 aliphatic heterocycles. The maximum atomic E-state index is 10.8. The predicted molar refractivity (Wildman–Crippen MR) is 90.6 cm³/mol. The van der Waals surface area contributed by atoms with Crippen LogP contribution in [0.3, 0.4) is 0 Å². The van der Waals surface area contributed by atoms with Crippen LogP contribution in [0, 0.1) is 0 Å². The van der Waals surface area contributed by atoms with E-state index in [9.17, 15) is 4.79 Å². The van der Waals surface area contributed by atoms with E-state index >= 15 is 0 Å². The van der Waals surface area contributed by atoms with E-state index < -0.39 is 5.97 Å². The summed E-state index contributed by atoms with van der Waals surface area (Å²) in [4.78, 5) is 19.9. The molecule has 0 saturated carbocycles. The summed E-state index contributed by atoms with van der Waals surface area (Å²) in [5.41, 5.74) is 2.27. The highest BCUT2D eigenvalue weighted by Gasteiger charge is 2.19. The Bertz CT molecular complexity index is 1020. The minimum Gasteiger partial charge on any atom is -0.481 e. The van der Waals surface area contributed by atoms with Gasteiger partial charge in [-0.1, -0.05) is 11.6 Å². The van der Waals surface area contributed by atoms with Gasteiger partial charge in [0.2, 0.25) is 0 Å². The molecule has 9 heteroatoms. The molecular weight excluding hydrogens is 344 g/mol. The number of halogens is 1. The third kappa shape index (κ3) is 2.91. The van der Waals surface area contributed by atoms with Crippen LogP contribution in [-0.2, 0) is 11.2 Å². The Hall–Kier alpha value is -3.00. The van der Waals surface area contributed by atoms with E-state index in [0.717, 1.165) is 11.1 Å². The number of aromatic amines is 1. The van der Waals surface area contributed by atoms with Crippen molar-refractivity contribution in [1.82, 2.24) is 29.8 Å². The monoisotopic (exact) mass is 356 g/mol. The molecule has 0 spiro atoms. The van der Waals surface area contributed by atoms with Crippen LogP contribution in [0.2, 0.25) is 5.02 Å². The molecule has 25 heavy (non-hydrogen) atoms. The minimum absolute atomic E-state index is 0.0760. The molecule has 1 aromatic heterocycles. The lowest BCUT2D eigenvalue weighted by molar-refractivity contribution is -0.137. The number of carboxylic acid groups (broad SMARTS) is 1. The number of aliphatic carboxylic acids is 1. The third-order valence-electron chi connectivity index (χ3n) is 3.87. The first kappa shape index (κ1) is 15.5. The zero-order chi connectivity index (χ0) is 17.4. The Labute approximate surface area is 146 Å². The summed E-state index contributed by atoms with van der Waals surface area (Å²) < 4.78 is 1.76. The summed E-state index contributed by atoms with van der Waals surface area (Å²) >= 11 is 5.94. The summed E-state index contributed by atoms with van der Waals surface area (Å²) in [6.07, 6.45) is 2.65. The maximum absolute atomic E-state index is 10.8. The fourth-order valence-electron chi connectivity index (χ4n) is 2.67. The Morgan fingerprint density at radius 3 is 2.80 bits per heavy atom. The van der Waals surface area contributed by atoms with E-state index in [1.165, 1.54) is 0 Å². The standard InChI is InChI=1S/C16H13ClN6O2/c17-10-6-4-9(5-7-10)14-20-16-11-8-18-21-15(11)19-12(23(16)22-14)2-1-3-13(24)25/h4-8H,1-3H2,(H,20,22)(H,24,25). The molecule has 2 aliphatic rings. The molecule has 0 unspecified atom stereocenters. The quantitative estimate of drug-likeness (QED) is 0.569. The molecule has 8 nitrogen and oxygen atoms in total. The molecule has 2 aromatic rings. The van der Waals surface area contributed by atoms with Gasteiger partial charge in [0.15, 0.2) is 17.3 Å². The number of carbonyl (C=O) groups is 1. The highest BCUT2D eigenvalue weighted by Crippen LogP contribution is 2.26. The van der Waals surface area contributed by atoms with Crippen LogP contribution in [0.15, 0.2) is 30.5 Å². The van der Waals surface area contributed by atoms with Gasteiger partial charge >= 0.3 is 5.97 Å². The molecule has 0 aliphatic carbocycles. The number of nitrogens with zero attached hydrogens (tertiary/aromatic N) is 5. The van der Waals surface area contributed by atoms with Gasteiger partial charge in [-0.3, -0.25) is 9.89 Å². The van der Waals surface area contributed by atoms with E-state index in [2.05, 4.69) is 25.3 Å². The van der Waals surface area contributed by atoms with E-state index in [1.807, 2.05) is 12.1 Å². The Kier molecular flexibility index (Phi) is 3.81. The number of hydrogen-bond acceptors (Lipinski definition) is 5. The van der Waals surface area contributed by atoms with Gasteiger partial charge in [-0.05, 0) is 30.7 Å². The average Bonchev–Trinajstić information content (AvgIpc) is 3.21. The zero-order valence-electron chi connectivity index (χ0n) is 13.0. The van der Waals surface area contributed by atoms with Crippen LogP contribution < -0.4 is 0 Å². The summed E-state index contributed by atoms with van der Waals surface area (Å²) in [7, 11) is 0. The summed E-state index contributed by atoms with van der Waals surface area (Å²) in [6.45, 7) is 0. The summed E-state index contributed by atoms with van der Waals surface area (Å²) in [5.74, 6) is 0.991. The van der Waals surface area contributed by atoms with Gasteiger partial charge in [0.1, 0.15) is 5.82 Å². The van der Waals surface area contributed by atoms with E-state index in [4.69, 9.17) is 16.7 Å². The molecule has 0 bridgehead atoms. The van der Waals surface area contributed by atoms with E-state index in [0.29, 0.717) is 41.0 Å². The Morgan fingerprint density at radius 1 is 1.24 bits per heavy atom. The molecule has 126 valence electrons. The molecule has 0 atom stereocenters. The van der Waals surface area contributed by atoms with Crippen LogP contribution in [0.4, 0.5) is 0 Å². The molecule has 0 amide bonds. The van der Waals surface area contributed by atoms with Crippen LogP contribution >= 0.6 is 11.6 Å². The van der Waals surface area contributed by atoms with E-state index in [1.54, 1.807) is 22.8 Å². The van der Waals surface area contributed by atoms with Crippen molar-refractivity contribution in [2.24, 2.45) is 0 Å². The van der Waals surface area contributed by atoms with Crippen molar-refractivity contribution in [1.29, 1.82) is 0 Å². The Morgan fingerprint density at radius 2 is 2.04 bits per heavy atom. The Balaban J connectivity index is 1.81. The molecule has 0 radical (unpaired) electrons. The number of aromatic nitrogens is 6. The fourth-order valence-corrected chi connectivity index (χ4v) is 2.80. The van der Waals surface area contributed by atoms with Crippen molar-refractivity contribution in [2.75, 3.05) is 0 Å². The van der Waals surface area contributed by atoms with Gasteiger partial charge in [0.25, 0.3) is 0 Å². The van der Waals surface area contributed by atoms with Crippen molar-refractivity contribution in [3.05, 3.63) is 41.3 Å². The molecule has 1 aromatic carbocycles. The average molecular weight is 357 g/mol. The van der Waals surface area contributed by atoms with Gasteiger partial charge in [-0.15, -0.1) is 5.10 Å². The minimum atomic E-state index is -0.832. The molecule has 4 rings (SSSR count). The number of carboxylic acids is 1. The van der Waals surface area contributed by atoms with Crippen molar-refractivity contribution in [3.63, 3.8) is 0 Å². The summed E-state index contributed by atoms with van der Waals surface area (Å²) in [5, 5.41) is 20.6. The first-order valence-corrected chi connectivity index (χ1v) is 8.06. The zero-order valence-corrected chi connectivity index (χ0v) is 13.7. The van der Waals surface area contributed by atoms with Gasteiger partial charge in [0.05, 0.1) is 11.8 Å². The van der Waals surface area contributed by atoms with Crippen LogP contribution in [0.1, 0.15) is 18.7 Å². The lowest BCUT2D eigenvalue weighted by atomic mass is 10.2. The normalized spacial score (nSPS) is 11.4. The number of H-pyrrole nitrogens is 1. The number of rotatable bonds is 5. The molecule has 0 fully saturated rings. The fraction of sp³-hybridized carbons (Fsp3) is 0.188. The number of nitrogens with one attached hydrogen (secondary N) is 1. The highest BCUT2D eigenvalue weighted by molar-refractivity contribution is 6.30. The van der Waals surface area contributed by atoms with Gasteiger partial charge in [-0.2, -0.15) is 5.10 Å². The second-order valence-corrected chi connectivity index (χ2v) is 6.03. The largest absolute Gasteiger partial charge is 0.481 e. The van der Waals surface area contributed by atoms with Crippen molar-refractivity contribution in [2.45, 2.75) is 19.3 Å². The van der Waals surface area contributed by atoms with Gasteiger partial charge < -0.3 is 5.11 Å². The highest BCUT2D eigenvalue weighted by atomic mass is 35.5. The number of aryl methyl sites for hydroxylation is 1. The van der Waals surface area contributed by atoms with Gasteiger partial charge in [-0.25, -0.2) is 14.5 Å². The smallest absolute Gasteiger partial charge is 0.303 e. The lowest BCUT2D eigenvalue weighted by Gasteiger charge is -2.06. The van der Waals surface area contributed by atoms with Crippen LogP contribution in [-0.4, -0.2) is 40.9 Å². The van der Waals surface area contributed by atoms with Crippen molar-refractivity contribution in [3.8, 4) is 22.8 Å². The third-order valence-corrected chi connectivity index (χ3v) is 4.12. The molecule has 0 saturated heterocycles. The maximum Gasteiger partial charge on any atom is 0.303 e. The molecule has 2 N–H and O–H groups in total. The van der Waals surface area contributed by atoms with Crippen LogP contribution in [0.25, 0.3) is 28.4 Å². The lowest BCUT2D eigenvalue weighted by Crippen LogP contribution is -2.07. The number of benzene rings is 1. The number of fused-ring (bicyclic) bond motifs is 3. The summed E-state index contributed by atoms with van der Waals surface area (Å²) in [6, 6.07) is 7.33. The topological polar surface area (TPSA) is 109 Å². The van der Waals surface area contributed by atoms with Gasteiger partial charge in [0, 0.05) is 23.4 Å². The van der Waals surface area contributed by atoms with Crippen LogP contribution in [0.5, 0.6) is 0 Å². The van der Waals surface area contributed by atoms with Crippen molar-refractivity contribution >= 4 is 23.2 Å². The SMILES string of the molecule is O=C(O)CCCc1nc2nncc-2c2nc(-c3ccc(Cl)cc3)[nH]n12. The molecule has 3 heterocycles. The molecular formula is C16H13ClN6O2. The first-order valence-electron chi connectivity index (χ1n) is 7.68. The predicted octanol–water partition coefficient (Wildman–Crippen LogP) is 2.68.